The monoisotopic (exact) mass is 616 g/mol. The van der Waals surface area contributed by atoms with E-state index < -0.39 is 22.6 Å². The van der Waals surface area contributed by atoms with Gasteiger partial charge in [0.15, 0.2) is 0 Å². The molecule has 44 heavy (non-hydrogen) atoms. The fourth-order valence-corrected chi connectivity index (χ4v) is 10.1. The molecule has 0 aromatic heterocycles. The van der Waals surface area contributed by atoms with Crippen molar-refractivity contribution in [3.8, 4) is 0 Å². The van der Waals surface area contributed by atoms with Crippen LogP contribution in [0.2, 0.25) is 0 Å². The lowest BCUT2D eigenvalue weighted by Crippen LogP contribution is -2.58. The molecule has 6 atom stereocenters. The van der Waals surface area contributed by atoms with Crippen LogP contribution >= 0.6 is 11.8 Å². The number of para-hydroxylation sites is 1. The largest absolute Gasteiger partial charge is 0.395 e. The Kier molecular flexibility index (Phi) is 9.56. The maximum Gasteiger partial charge on any atom is 0.251 e. The molecular weight excluding hydrogens is 572 g/mol. The van der Waals surface area contributed by atoms with Gasteiger partial charge in [0, 0.05) is 55.0 Å². The number of amides is 3. The number of aliphatic hydroxyl groups is 1. The Morgan fingerprint density at radius 2 is 1.52 bits per heavy atom. The molecule has 0 saturated carbocycles. The lowest BCUT2D eigenvalue weighted by molar-refractivity contribution is -0.139. The van der Waals surface area contributed by atoms with Crippen molar-refractivity contribution < 1.29 is 19.5 Å². The van der Waals surface area contributed by atoms with Gasteiger partial charge in [-0.05, 0) is 62.6 Å². The predicted molar refractivity (Wildman–Crippen MR) is 179 cm³/mol. The summed E-state index contributed by atoms with van der Waals surface area (Å²) in [6, 6.07) is 16.6. The maximum atomic E-state index is 14.8. The van der Waals surface area contributed by atoms with Crippen molar-refractivity contribution in [1.29, 1.82) is 0 Å². The third kappa shape index (κ3) is 5.13. The predicted octanol–water partition coefficient (Wildman–Crippen LogP) is 4.60. The third-order valence-electron chi connectivity index (χ3n) is 9.62. The first-order chi connectivity index (χ1) is 21.3. The van der Waals surface area contributed by atoms with Crippen LogP contribution in [0, 0.1) is 17.8 Å². The first kappa shape index (κ1) is 31.9. The van der Waals surface area contributed by atoms with Crippen LogP contribution in [0.5, 0.6) is 0 Å². The Morgan fingerprint density at radius 3 is 2.09 bits per heavy atom. The Bertz CT molecular complexity index is 1380. The molecule has 3 fully saturated rings. The van der Waals surface area contributed by atoms with Crippen LogP contribution in [-0.2, 0) is 14.4 Å². The van der Waals surface area contributed by atoms with E-state index >= 15 is 0 Å². The van der Waals surface area contributed by atoms with Gasteiger partial charge in [0.2, 0.25) is 11.8 Å². The molecule has 3 amide bonds. The van der Waals surface area contributed by atoms with Crippen LogP contribution in [0.3, 0.4) is 0 Å². The minimum atomic E-state index is -0.818. The summed E-state index contributed by atoms with van der Waals surface area (Å²) >= 11 is 1.64. The van der Waals surface area contributed by atoms with Crippen molar-refractivity contribution in [2.75, 3.05) is 54.0 Å². The molecule has 9 heteroatoms. The number of likely N-dealkylation sites (tertiary alicyclic amines) is 1. The highest BCUT2D eigenvalue weighted by Gasteiger charge is 2.76. The number of rotatable bonds is 13. The topological polar surface area (TPSA) is 84.4 Å². The molecule has 2 bridgehead atoms. The number of thioether (sulfide) groups is 1. The summed E-state index contributed by atoms with van der Waals surface area (Å²) in [6.45, 7) is 16.2. The van der Waals surface area contributed by atoms with Gasteiger partial charge in [0.1, 0.15) is 6.04 Å². The number of carbonyl (C=O) groups excluding carboxylic acids is 3. The van der Waals surface area contributed by atoms with Crippen molar-refractivity contribution in [2.24, 2.45) is 17.8 Å². The smallest absolute Gasteiger partial charge is 0.251 e. The second kappa shape index (κ2) is 13.2. The molecule has 3 aliphatic heterocycles. The van der Waals surface area contributed by atoms with E-state index in [-0.39, 0.29) is 48.6 Å². The molecule has 3 saturated heterocycles. The van der Waals surface area contributed by atoms with E-state index in [0.717, 1.165) is 36.6 Å². The number of nitrogens with zero attached hydrogens (tertiary/aromatic N) is 4. The molecule has 1 spiro atoms. The summed E-state index contributed by atoms with van der Waals surface area (Å²) < 4.78 is -0.786. The van der Waals surface area contributed by atoms with Gasteiger partial charge in [-0.3, -0.25) is 14.4 Å². The quantitative estimate of drug-likeness (QED) is 0.331. The molecule has 3 aliphatic rings. The zero-order valence-corrected chi connectivity index (χ0v) is 26.8. The molecule has 3 unspecified atom stereocenters. The highest BCUT2D eigenvalue weighted by atomic mass is 32.2. The fraction of sp³-hybridized carbons (Fsp3) is 0.457. The molecule has 3 heterocycles. The van der Waals surface area contributed by atoms with Crippen LogP contribution < -0.4 is 14.7 Å². The van der Waals surface area contributed by atoms with Gasteiger partial charge >= 0.3 is 0 Å². The van der Waals surface area contributed by atoms with E-state index in [4.69, 9.17) is 0 Å². The van der Waals surface area contributed by atoms with Gasteiger partial charge in [-0.15, -0.1) is 24.9 Å². The molecule has 1 N–H and O–H groups in total. The zero-order valence-electron chi connectivity index (χ0n) is 26.0. The minimum Gasteiger partial charge on any atom is -0.395 e. The highest BCUT2D eigenvalue weighted by molar-refractivity contribution is 8.02. The van der Waals surface area contributed by atoms with E-state index in [1.807, 2.05) is 54.6 Å². The Balaban J connectivity index is 1.54. The molecule has 2 aromatic rings. The third-order valence-corrected chi connectivity index (χ3v) is 11.7. The highest BCUT2D eigenvalue weighted by Crippen LogP contribution is 2.69. The molecule has 8 nitrogen and oxygen atoms in total. The van der Waals surface area contributed by atoms with E-state index in [0.29, 0.717) is 6.54 Å². The van der Waals surface area contributed by atoms with Gasteiger partial charge < -0.3 is 24.7 Å². The standard InChI is InChI=1S/C35H44N4O4S/c1-6-19-37(26-13-11-10-12-14-26)32(41)29-28-23-24(5)35(44-28)30(29)33(42)39(21-22-40)31(35)34(43)38(20-7-2)27-17-15-25(16-18-27)36(8-3)9-4/h6-7,10-18,24,28-31,40H,1-2,8-9,19-23H2,3-5H3/t24?,28-,29+,30+,31?,35?/m1/s1. The summed E-state index contributed by atoms with van der Waals surface area (Å²) in [5, 5.41) is 9.99. The van der Waals surface area contributed by atoms with Gasteiger partial charge in [0.25, 0.3) is 5.91 Å². The number of fused-ring (bicyclic) bond motifs is 1. The first-order valence-corrected chi connectivity index (χ1v) is 16.5. The lowest BCUT2D eigenvalue weighted by Gasteiger charge is -2.41. The van der Waals surface area contributed by atoms with E-state index in [2.05, 4.69) is 38.8 Å². The zero-order chi connectivity index (χ0) is 31.6. The average Bonchev–Trinajstić information content (AvgIpc) is 3.63. The van der Waals surface area contributed by atoms with Gasteiger partial charge in [0.05, 0.1) is 23.2 Å². The first-order valence-electron chi connectivity index (χ1n) is 15.6. The van der Waals surface area contributed by atoms with Crippen molar-refractivity contribution in [2.45, 2.75) is 43.2 Å². The van der Waals surface area contributed by atoms with Crippen LogP contribution in [0.25, 0.3) is 0 Å². The number of benzene rings is 2. The van der Waals surface area contributed by atoms with Crippen molar-refractivity contribution in [3.05, 3.63) is 79.9 Å². The number of β-amino-alcohol motifs (C(OH)–C–C–N with tert-alkyl or cyclic N) is 1. The summed E-state index contributed by atoms with van der Waals surface area (Å²) in [6.07, 6.45) is 4.13. The average molecular weight is 617 g/mol. The molecule has 0 radical (unpaired) electrons. The summed E-state index contributed by atoms with van der Waals surface area (Å²) in [5.41, 5.74) is 2.55. The Hall–Kier alpha value is -3.56. The van der Waals surface area contributed by atoms with Crippen LogP contribution in [0.1, 0.15) is 27.2 Å². The van der Waals surface area contributed by atoms with Crippen molar-refractivity contribution in [1.82, 2.24) is 4.90 Å². The normalized spacial score (nSPS) is 26.8. The number of hydrogen-bond acceptors (Lipinski definition) is 6. The van der Waals surface area contributed by atoms with Gasteiger partial charge in [-0.1, -0.05) is 37.3 Å². The molecular formula is C35H44N4O4S. The maximum absolute atomic E-state index is 14.8. The van der Waals surface area contributed by atoms with Crippen LogP contribution in [-0.4, -0.2) is 83.1 Å². The summed E-state index contributed by atoms with van der Waals surface area (Å²) in [4.78, 5) is 50.7. The van der Waals surface area contributed by atoms with E-state index in [1.54, 1.807) is 38.6 Å². The second-order valence-corrected chi connectivity index (χ2v) is 13.4. The number of hydrogen-bond donors (Lipinski definition) is 1. The number of carbonyl (C=O) groups is 3. The molecule has 5 rings (SSSR count). The van der Waals surface area contributed by atoms with Crippen molar-refractivity contribution >= 4 is 46.5 Å². The summed E-state index contributed by atoms with van der Waals surface area (Å²) in [5.74, 6) is -1.77. The number of aliphatic hydroxyl groups excluding tert-OH is 1. The SMILES string of the molecule is C=CCN(C(=O)C1N(CCO)C(=O)[C@@H]2[C@@H](C(=O)N(CC=C)c3ccccc3)[C@H]3CC(C)C12S3)c1ccc(N(CC)CC)cc1. The number of anilines is 3. The molecule has 2 aromatic carbocycles. The Morgan fingerprint density at radius 1 is 0.955 bits per heavy atom. The second-order valence-electron chi connectivity index (χ2n) is 11.8. The van der Waals surface area contributed by atoms with Crippen LogP contribution in [0.15, 0.2) is 79.9 Å². The van der Waals surface area contributed by atoms with E-state index in [9.17, 15) is 19.5 Å². The molecule has 0 aliphatic carbocycles. The van der Waals surface area contributed by atoms with Crippen LogP contribution in [0.4, 0.5) is 17.1 Å². The van der Waals surface area contributed by atoms with Gasteiger partial charge in [-0.2, -0.15) is 0 Å². The van der Waals surface area contributed by atoms with Crippen molar-refractivity contribution in [3.63, 3.8) is 0 Å². The Labute approximate surface area is 265 Å². The van der Waals surface area contributed by atoms with Gasteiger partial charge in [-0.25, -0.2) is 0 Å². The molecule has 234 valence electrons. The fourth-order valence-electron chi connectivity index (χ4n) is 7.70. The summed E-state index contributed by atoms with van der Waals surface area (Å²) in [7, 11) is 0. The lowest BCUT2D eigenvalue weighted by atomic mass is 9.65. The minimum absolute atomic E-state index is 0.0216. The van der Waals surface area contributed by atoms with E-state index in [1.165, 1.54) is 0 Å².